The zero-order chi connectivity index (χ0) is 78.7. The molecule has 0 unspecified atom stereocenters. The van der Waals surface area contributed by atoms with E-state index in [4.69, 9.17) is 29.7 Å². The smallest absolute Gasteiger partial charge is 0.312 e. The van der Waals surface area contributed by atoms with Crippen LogP contribution in [0.25, 0.3) is 31.2 Å². The molecule has 0 radical (unpaired) electrons. The van der Waals surface area contributed by atoms with Gasteiger partial charge >= 0.3 is 12.0 Å². The first-order chi connectivity index (χ1) is 51.2. The van der Waals surface area contributed by atoms with Crippen molar-refractivity contribution in [1.29, 1.82) is 0 Å². The molecule has 7 amide bonds. The number of phenols is 1. The van der Waals surface area contributed by atoms with Crippen molar-refractivity contribution in [2.24, 2.45) is 47.2 Å². The summed E-state index contributed by atoms with van der Waals surface area (Å²) < 4.78 is 26.2. The number of urea groups is 1. The quantitative estimate of drug-likeness (QED) is 0.00512. The minimum absolute atomic E-state index is 0.00528. The third kappa shape index (κ3) is 19.3. The number of fused-ring (bicyclic) bond motifs is 2. The van der Waals surface area contributed by atoms with E-state index in [0.29, 0.717) is 71.9 Å². The van der Waals surface area contributed by atoms with Gasteiger partial charge < -0.3 is 66.2 Å². The highest BCUT2D eigenvalue weighted by molar-refractivity contribution is 7.25. The van der Waals surface area contributed by atoms with Gasteiger partial charge in [0, 0.05) is 155 Å². The van der Waals surface area contributed by atoms with Crippen LogP contribution in [-0.2, 0) is 49.6 Å². The average Bonchev–Trinajstić information content (AvgIpc) is 1.23. The second-order valence-corrected chi connectivity index (χ2v) is 31.3. The molecule has 1 aromatic heterocycles. The molecule has 9 rings (SSSR count). The number of nitrogens with zero attached hydrogens (tertiary/aromatic N) is 4. The normalized spacial score (nSPS) is 24.1. The number of amides is 7. The van der Waals surface area contributed by atoms with Gasteiger partial charge in [0.25, 0.3) is 17.7 Å². The molecule has 4 aliphatic rings. The Hall–Kier alpha value is -9.41. The van der Waals surface area contributed by atoms with Gasteiger partial charge in [-0.15, -0.1) is 11.3 Å². The molecular formula is C81H105N9O17S. The third-order valence-corrected chi connectivity index (χ3v) is 22.2. The number of benzene rings is 4. The highest BCUT2D eigenvalue weighted by atomic mass is 32.1. The van der Waals surface area contributed by atoms with Gasteiger partial charge in [0.15, 0.2) is 22.6 Å². The van der Waals surface area contributed by atoms with E-state index in [1.54, 1.807) is 97.0 Å². The number of carbonyl (C=O) groups excluding carboxylic acids is 9. The van der Waals surface area contributed by atoms with Crippen LogP contribution in [0.3, 0.4) is 0 Å². The number of hydrogen-bond acceptors (Lipinski definition) is 21. The predicted octanol–water partition coefficient (Wildman–Crippen LogP) is 9.87. The number of aromatic nitrogens is 1. The van der Waals surface area contributed by atoms with Crippen LogP contribution < -0.4 is 46.8 Å². The molecular weight excluding hydrogens is 1400 g/mol. The van der Waals surface area contributed by atoms with Crippen molar-refractivity contribution in [3.05, 3.63) is 111 Å². The van der Waals surface area contributed by atoms with Gasteiger partial charge in [0.1, 0.15) is 35.4 Å². The number of primary amides is 1. The van der Waals surface area contributed by atoms with Crippen LogP contribution >= 0.6 is 11.3 Å². The number of ketones is 2. The summed E-state index contributed by atoms with van der Waals surface area (Å²) in [5, 5.41) is 47.3. The van der Waals surface area contributed by atoms with E-state index in [0.717, 1.165) is 30.2 Å². The van der Waals surface area contributed by atoms with Gasteiger partial charge in [-0.05, 0) is 82.1 Å². The number of esters is 1. The fourth-order valence-electron chi connectivity index (χ4n) is 14.8. The number of imide groups is 1. The van der Waals surface area contributed by atoms with Crippen LogP contribution in [0.15, 0.2) is 89.3 Å². The van der Waals surface area contributed by atoms with Gasteiger partial charge in [0.2, 0.25) is 17.6 Å². The van der Waals surface area contributed by atoms with Crippen molar-refractivity contribution in [3.63, 3.8) is 0 Å². The van der Waals surface area contributed by atoms with Crippen LogP contribution in [-0.4, -0.2) is 172 Å². The molecule has 4 aromatic carbocycles. The van der Waals surface area contributed by atoms with E-state index in [9.17, 15) is 53.7 Å². The molecule has 4 bridgehead atoms. The fraction of sp³-hybridized carbons (Fsp3) is 0.519. The summed E-state index contributed by atoms with van der Waals surface area (Å²) in [5.41, 5.74) is 5.32. The molecule has 582 valence electrons. The second-order valence-electron chi connectivity index (χ2n) is 30.2. The first-order valence-electron chi connectivity index (χ1n) is 37.4. The monoisotopic (exact) mass is 1510 g/mol. The van der Waals surface area contributed by atoms with Gasteiger partial charge in [-0.3, -0.25) is 53.0 Å². The summed E-state index contributed by atoms with van der Waals surface area (Å²) in [5.74, 6) is -7.33. The lowest BCUT2D eigenvalue weighted by Crippen LogP contribution is -2.47. The molecule has 9 N–H and O–H groups in total. The fourth-order valence-corrected chi connectivity index (χ4v) is 15.9. The molecule has 0 spiro atoms. The number of aromatic hydroxyl groups is 1. The summed E-state index contributed by atoms with van der Waals surface area (Å²) in [7, 11) is 1.49. The van der Waals surface area contributed by atoms with Crippen LogP contribution in [0.5, 0.6) is 17.2 Å². The number of phenolic OH excluding ortho intramolecular Hbond substituents is 1. The molecule has 1 fully saturated rings. The Balaban J connectivity index is 1.07. The number of aliphatic hydroxyl groups excluding tert-OH is 2. The molecule has 5 heterocycles. The maximum absolute atomic E-state index is 15.6. The maximum atomic E-state index is 15.6. The Morgan fingerprint density at radius 3 is 2.20 bits per heavy atom. The molecule has 0 aliphatic carbocycles. The third-order valence-electron chi connectivity index (χ3n) is 21.1. The number of nitrogens with two attached hydrogens (primary N) is 1. The highest BCUT2D eigenvalue weighted by Gasteiger charge is 2.48. The minimum Gasteiger partial charge on any atom is -0.505 e. The van der Waals surface area contributed by atoms with Crippen molar-refractivity contribution in [2.75, 3.05) is 68.5 Å². The molecule has 108 heavy (non-hydrogen) atoms. The molecule has 4 aliphatic heterocycles. The van der Waals surface area contributed by atoms with Crippen molar-refractivity contribution >= 4 is 113 Å². The summed E-state index contributed by atoms with van der Waals surface area (Å²) in [4.78, 5) is 146. The minimum atomic E-state index is -1.65. The Labute approximate surface area is 633 Å². The molecule has 27 heteroatoms. The Kier molecular flexibility index (Phi) is 27.7. The molecule has 0 saturated carbocycles. The van der Waals surface area contributed by atoms with Gasteiger partial charge in [-0.1, -0.05) is 104 Å². The highest BCUT2D eigenvalue weighted by Crippen LogP contribution is 2.51. The molecule has 5 aromatic rings. The van der Waals surface area contributed by atoms with Gasteiger partial charge in [0.05, 0.1) is 50.2 Å². The van der Waals surface area contributed by atoms with Crippen LogP contribution in [0.2, 0.25) is 0 Å². The summed E-state index contributed by atoms with van der Waals surface area (Å²) in [6.07, 6.45) is 8.64. The van der Waals surface area contributed by atoms with E-state index in [2.05, 4.69) is 44.9 Å². The number of anilines is 3. The molecule has 11 atom stereocenters. The maximum Gasteiger partial charge on any atom is 0.312 e. The standard InChI is InChI=1S/C81H105N9O17S/c1-43(2)41-88-34-36-89(37-35-88)55-39-58(105-42-52-25-27-54(28-26-52)84-79(102)53(22-19-32-83-80(82)103)38-56(92)66(44(3)4)85-60(93)24-15-14-16-33-90-61(94)29-30-62(90)95)67-59(40-55)108-76-68(86-67)63-64-72(98)50(10)75-65(63)77(100)81(12,107-75)31-18-23-57(104-13)47(7)74(106-51(11)91)49(9)71(97)48(8)70(96)45(5)20-17-21-46(6)78(101)87-69(76)73(64)99/h17-18,20-21,23,25-30,39-40,43-45,47-49,53,57,66,70-71,74,96-97,99H,14-16,19,22,24,31-38,41-42H2,1-13H3,(H,84,102)(H,85,93)(H,87,101)(H3,82,83,103)/b20-17+,23-18+,46-21-/t45-,47+,48+,49+,53+,57-,66-,70-,71+,74+,81+/m0/s1. The van der Waals surface area contributed by atoms with Crippen molar-refractivity contribution in [1.82, 2.24) is 25.4 Å². The van der Waals surface area contributed by atoms with Crippen LogP contribution in [0.4, 0.5) is 21.9 Å². The topological polar surface area (TPSA) is 365 Å². The van der Waals surface area contributed by atoms with E-state index in [1.165, 1.54) is 50.5 Å². The number of ether oxygens (including phenoxy) is 4. The number of allylic oxidation sites excluding steroid dienone is 2. The van der Waals surface area contributed by atoms with Crippen molar-refractivity contribution < 1.29 is 77.4 Å². The first kappa shape index (κ1) is 82.6. The summed E-state index contributed by atoms with van der Waals surface area (Å²) in [6.45, 7) is 25.1. The zero-order valence-electron chi connectivity index (χ0n) is 64.1. The summed E-state index contributed by atoms with van der Waals surface area (Å²) in [6, 6.07) is 9.14. The largest absolute Gasteiger partial charge is 0.505 e. The number of methoxy groups -OCH3 is 1. The second kappa shape index (κ2) is 36.2. The number of Topliss-reactive ketones (excluding diaryl/α,β-unsaturated/α-hetero) is 2. The van der Waals surface area contributed by atoms with E-state index in [-0.39, 0.29) is 124 Å². The number of aliphatic hydroxyl groups is 2. The molecule has 1 saturated heterocycles. The molecule has 26 nitrogen and oxygen atoms in total. The Bertz CT molecular complexity index is 4410. The van der Waals surface area contributed by atoms with Crippen LogP contribution in [0.1, 0.15) is 149 Å². The Morgan fingerprint density at radius 2 is 1.56 bits per heavy atom. The number of unbranched alkanes of at least 4 members (excludes halogenated alkanes) is 2. The lowest BCUT2D eigenvalue weighted by Gasteiger charge is -2.38. The zero-order valence-corrected chi connectivity index (χ0v) is 64.9. The average molecular weight is 1510 g/mol. The number of nitrogens with one attached hydrogen (secondary N) is 4. The number of hydrogen-bond donors (Lipinski definition) is 8. The van der Waals surface area contributed by atoms with Crippen LogP contribution in [0, 0.1) is 48.3 Å². The lowest BCUT2D eigenvalue weighted by molar-refractivity contribution is -0.160. The summed E-state index contributed by atoms with van der Waals surface area (Å²) >= 11 is 1.17. The predicted molar refractivity (Wildman–Crippen MR) is 415 cm³/mol. The Morgan fingerprint density at radius 1 is 0.861 bits per heavy atom. The van der Waals surface area contributed by atoms with E-state index >= 15 is 9.59 Å². The SMILES string of the molecule is CO[C@H]1/C=C/C[C@@]2(C)Oc3c(C)c(=O)c4c(O)c(c5sc6cc(N7CCN(CC(C)C)CC7)cc(OCc7ccc(NC(=O)[C@H](CCCNC(N)=O)CC(=O)[C@@H](NC(=O)CCCCCN8C(=O)C=CC8=O)C(C)C)cc7)c6nc5c4c3C2=O)NC(=O)/C(C)=C\C=C\[C@H](C)[C@H](O)[C@@H](C)[C@@H](O)[C@@H](C)[C@H](OC(C)=O)[C@@H]1C. The number of piperazine rings is 1. The first-order valence-corrected chi connectivity index (χ1v) is 38.2. The lowest BCUT2D eigenvalue weighted by atomic mass is 9.78. The number of carbonyl (C=O) groups is 9. The van der Waals surface area contributed by atoms with Crippen molar-refractivity contribution in [3.8, 4) is 17.2 Å². The van der Waals surface area contributed by atoms with Gasteiger partial charge in [-0.2, -0.15) is 0 Å². The van der Waals surface area contributed by atoms with Gasteiger partial charge in [-0.25, -0.2) is 9.78 Å². The van der Waals surface area contributed by atoms with Crippen molar-refractivity contribution in [2.45, 2.75) is 177 Å². The van der Waals surface area contributed by atoms with E-state index in [1.807, 2.05) is 19.1 Å². The van der Waals surface area contributed by atoms with E-state index < -0.39 is 106 Å². The number of rotatable bonds is 25.